The highest BCUT2D eigenvalue weighted by Crippen LogP contribution is 2.28. The normalized spacial score (nSPS) is 19.4. The van der Waals surface area contributed by atoms with E-state index in [1.54, 1.807) is 0 Å². The summed E-state index contributed by atoms with van der Waals surface area (Å²) in [6, 6.07) is 6.54. The Morgan fingerprint density at radius 2 is 2.11 bits per heavy atom. The molecule has 1 unspecified atom stereocenters. The van der Waals surface area contributed by atoms with E-state index in [-0.39, 0.29) is 6.03 Å². The first-order valence-corrected chi connectivity index (χ1v) is 6.81. The minimum Gasteiger partial charge on any atom is -0.323 e. The van der Waals surface area contributed by atoms with Gasteiger partial charge in [-0.15, -0.1) is 0 Å². The monoisotopic (exact) mass is 261 g/mol. The van der Waals surface area contributed by atoms with Crippen molar-refractivity contribution in [3.05, 3.63) is 29.3 Å². The lowest BCUT2D eigenvalue weighted by Gasteiger charge is -2.19. The smallest absolute Gasteiger partial charge is 0.323 e. The van der Waals surface area contributed by atoms with Crippen molar-refractivity contribution in [1.82, 2.24) is 10.2 Å². The van der Waals surface area contributed by atoms with Crippen LogP contribution in [0.2, 0.25) is 0 Å². The molecule has 1 fully saturated rings. The first-order chi connectivity index (χ1) is 9.06. The van der Waals surface area contributed by atoms with Gasteiger partial charge in [-0.1, -0.05) is 12.1 Å². The van der Waals surface area contributed by atoms with Crippen molar-refractivity contribution in [1.29, 1.82) is 0 Å². The lowest BCUT2D eigenvalue weighted by Crippen LogP contribution is -2.32. The second-order valence-electron chi connectivity index (χ2n) is 5.27. The molecule has 1 saturated heterocycles. The molecule has 0 spiro atoms. The molecule has 1 aliphatic heterocycles. The van der Waals surface area contributed by atoms with Crippen LogP contribution in [0.15, 0.2) is 18.2 Å². The van der Waals surface area contributed by atoms with Crippen LogP contribution in [-0.4, -0.2) is 44.2 Å². The fourth-order valence-corrected chi connectivity index (χ4v) is 2.58. The topological polar surface area (TPSA) is 35.6 Å². The molecule has 2 rings (SSSR count). The maximum atomic E-state index is 12.4. The fraction of sp³-hybridized carbons (Fsp3) is 0.533. The Morgan fingerprint density at radius 3 is 2.79 bits per heavy atom. The van der Waals surface area contributed by atoms with Crippen LogP contribution in [0.25, 0.3) is 0 Å². The summed E-state index contributed by atoms with van der Waals surface area (Å²) in [6.45, 7) is 5.88. The summed E-state index contributed by atoms with van der Waals surface area (Å²) in [5, 5.41) is 3.15. The van der Waals surface area contributed by atoms with Crippen molar-refractivity contribution in [3.63, 3.8) is 0 Å². The zero-order valence-corrected chi connectivity index (χ0v) is 12.2. The molecule has 19 heavy (non-hydrogen) atoms. The van der Waals surface area contributed by atoms with Crippen molar-refractivity contribution >= 4 is 11.7 Å². The lowest BCUT2D eigenvalue weighted by atomic mass is 10.1. The number of hydrogen-bond acceptors (Lipinski definition) is 2. The maximum absolute atomic E-state index is 12.4. The Kier molecular flexibility index (Phi) is 4.10. The third kappa shape index (κ3) is 2.59. The van der Waals surface area contributed by atoms with Crippen molar-refractivity contribution in [2.24, 2.45) is 0 Å². The summed E-state index contributed by atoms with van der Waals surface area (Å²) < 4.78 is 0. The van der Waals surface area contributed by atoms with Crippen LogP contribution in [0.5, 0.6) is 0 Å². The molecule has 1 N–H and O–H groups in total. The van der Waals surface area contributed by atoms with Gasteiger partial charge in [-0.25, -0.2) is 4.79 Å². The molecule has 1 heterocycles. The van der Waals surface area contributed by atoms with Crippen LogP contribution in [0.3, 0.4) is 0 Å². The predicted octanol–water partition coefficient (Wildman–Crippen LogP) is 2.15. The van der Waals surface area contributed by atoms with Crippen molar-refractivity contribution in [3.8, 4) is 0 Å². The van der Waals surface area contributed by atoms with Gasteiger partial charge in [-0.3, -0.25) is 4.90 Å². The van der Waals surface area contributed by atoms with Gasteiger partial charge in [0.25, 0.3) is 0 Å². The van der Waals surface area contributed by atoms with Gasteiger partial charge in [0.05, 0.1) is 6.04 Å². The van der Waals surface area contributed by atoms with Crippen molar-refractivity contribution in [2.45, 2.75) is 26.3 Å². The molecule has 0 radical (unpaired) electrons. The molecule has 0 saturated carbocycles. The summed E-state index contributed by atoms with van der Waals surface area (Å²) in [5.41, 5.74) is 3.47. The summed E-state index contributed by atoms with van der Waals surface area (Å²) in [6.07, 6.45) is 0.986. The molecular weight excluding hydrogens is 238 g/mol. The molecule has 104 valence electrons. The number of urea groups is 1. The van der Waals surface area contributed by atoms with Gasteiger partial charge >= 0.3 is 6.03 Å². The number of amides is 2. The largest absolute Gasteiger partial charge is 0.324 e. The van der Waals surface area contributed by atoms with Gasteiger partial charge in [-0.2, -0.15) is 0 Å². The summed E-state index contributed by atoms with van der Waals surface area (Å²) in [5.74, 6) is 0. The minimum atomic E-state index is 0.106. The van der Waals surface area contributed by atoms with E-state index < -0.39 is 0 Å². The highest BCUT2D eigenvalue weighted by Gasteiger charge is 2.35. The molecular formula is C15H23N3O. The Bertz CT molecular complexity index is 472. The fourth-order valence-electron chi connectivity index (χ4n) is 2.58. The lowest BCUT2D eigenvalue weighted by molar-refractivity contribution is 0.217. The van der Waals surface area contributed by atoms with E-state index in [0.717, 1.165) is 25.2 Å². The highest BCUT2D eigenvalue weighted by molar-refractivity contribution is 5.95. The summed E-state index contributed by atoms with van der Waals surface area (Å²) in [7, 11) is 3.84. The highest BCUT2D eigenvalue weighted by atomic mass is 16.2. The standard InChI is InChI=1S/C15H23N3O/c1-11-6-5-7-14(12(11)2)18-10-13(8-9-16-3)17(4)15(18)19/h5-7,13,16H,8-10H2,1-4H3. The first-order valence-electron chi connectivity index (χ1n) is 6.81. The maximum Gasteiger partial charge on any atom is 0.324 e. The molecule has 0 aromatic heterocycles. The molecule has 1 aliphatic rings. The van der Waals surface area contributed by atoms with Crippen LogP contribution in [0.4, 0.5) is 10.5 Å². The van der Waals surface area contributed by atoms with Crippen LogP contribution in [0.1, 0.15) is 17.5 Å². The van der Waals surface area contributed by atoms with Crippen LogP contribution < -0.4 is 10.2 Å². The zero-order chi connectivity index (χ0) is 14.0. The second-order valence-corrected chi connectivity index (χ2v) is 5.27. The molecule has 1 aromatic rings. The molecule has 4 heteroatoms. The third-order valence-electron chi connectivity index (χ3n) is 4.07. The minimum absolute atomic E-state index is 0.106. The number of carbonyl (C=O) groups excluding carboxylic acids is 1. The Morgan fingerprint density at radius 1 is 1.37 bits per heavy atom. The number of carbonyl (C=O) groups is 1. The van der Waals surface area contributed by atoms with E-state index in [2.05, 4.69) is 25.2 Å². The van der Waals surface area contributed by atoms with E-state index >= 15 is 0 Å². The van der Waals surface area contributed by atoms with Crippen molar-refractivity contribution < 1.29 is 4.79 Å². The quantitative estimate of drug-likeness (QED) is 0.901. The molecule has 4 nitrogen and oxygen atoms in total. The van der Waals surface area contributed by atoms with E-state index in [1.807, 2.05) is 36.0 Å². The average molecular weight is 261 g/mol. The van der Waals surface area contributed by atoms with Crippen LogP contribution >= 0.6 is 0 Å². The number of hydrogen-bond donors (Lipinski definition) is 1. The second kappa shape index (κ2) is 5.61. The third-order valence-corrected chi connectivity index (χ3v) is 4.07. The van der Waals surface area contributed by atoms with Gasteiger partial charge < -0.3 is 10.2 Å². The molecule has 0 bridgehead atoms. The van der Waals surface area contributed by atoms with E-state index in [0.29, 0.717) is 6.04 Å². The number of nitrogens with one attached hydrogen (secondary N) is 1. The van der Waals surface area contributed by atoms with Gasteiger partial charge in [0.1, 0.15) is 0 Å². The van der Waals surface area contributed by atoms with E-state index in [9.17, 15) is 4.79 Å². The number of benzene rings is 1. The summed E-state index contributed by atoms with van der Waals surface area (Å²) in [4.78, 5) is 16.1. The number of nitrogens with zero attached hydrogens (tertiary/aromatic N) is 2. The van der Waals surface area contributed by atoms with E-state index in [1.165, 1.54) is 11.1 Å². The molecule has 0 aliphatic carbocycles. The average Bonchev–Trinajstić information content (AvgIpc) is 2.68. The van der Waals surface area contributed by atoms with Gasteiger partial charge in [0.15, 0.2) is 0 Å². The summed E-state index contributed by atoms with van der Waals surface area (Å²) >= 11 is 0. The Hall–Kier alpha value is -1.55. The first kappa shape index (κ1) is 13.9. The van der Waals surface area contributed by atoms with E-state index in [4.69, 9.17) is 0 Å². The van der Waals surface area contributed by atoms with Gasteiger partial charge in [-0.05, 0) is 51.1 Å². The number of rotatable bonds is 4. The van der Waals surface area contributed by atoms with Crippen molar-refractivity contribution in [2.75, 3.05) is 32.1 Å². The number of likely N-dealkylation sites (N-methyl/N-ethyl adjacent to an activating group) is 1. The molecule has 1 atom stereocenters. The van der Waals surface area contributed by atoms with Crippen LogP contribution in [-0.2, 0) is 0 Å². The molecule has 2 amide bonds. The predicted molar refractivity (Wildman–Crippen MR) is 78.8 cm³/mol. The number of anilines is 1. The van der Waals surface area contributed by atoms with Crippen LogP contribution in [0, 0.1) is 13.8 Å². The SMILES string of the molecule is CNCCC1CN(c2cccc(C)c2C)C(=O)N1C. The zero-order valence-electron chi connectivity index (χ0n) is 12.2. The molecule has 1 aromatic carbocycles. The Labute approximate surface area is 115 Å². The van der Waals surface area contributed by atoms with Gasteiger partial charge in [0.2, 0.25) is 0 Å². The number of aryl methyl sites for hydroxylation is 1. The Balaban J connectivity index is 2.22. The van der Waals surface area contributed by atoms with Gasteiger partial charge in [0, 0.05) is 19.3 Å².